The quantitative estimate of drug-likeness (QED) is 0.109. The van der Waals surface area contributed by atoms with Crippen LogP contribution in [0.5, 0.6) is 0 Å². The van der Waals surface area contributed by atoms with Gasteiger partial charge in [-0.25, -0.2) is 0 Å². The van der Waals surface area contributed by atoms with Gasteiger partial charge < -0.3 is 4.74 Å². The number of hydrogen-bond acceptors (Lipinski definition) is 3. The van der Waals surface area contributed by atoms with Crippen molar-refractivity contribution < 1.29 is 14.3 Å². The third kappa shape index (κ3) is 17.7. The number of Topliss-reactive ketones (excluding diaryl/α,β-unsaturated/α-hetero) is 1. The van der Waals surface area contributed by atoms with Crippen LogP contribution in [0, 0.1) is 11.8 Å². The molecule has 0 aromatic heterocycles. The minimum absolute atomic E-state index is 0.00223. The molecule has 0 unspecified atom stereocenters. The number of esters is 1. The van der Waals surface area contributed by atoms with E-state index < -0.39 is 0 Å². The fraction of sp³-hybridized carbons (Fsp3) is 0.931. The van der Waals surface area contributed by atoms with Crippen LogP contribution in [-0.4, -0.2) is 18.4 Å². The molecule has 0 heterocycles. The predicted octanol–water partition coefficient (Wildman–Crippen LogP) is 8.97. The first-order valence-corrected chi connectivity index (χ1v) is 14.3. The molecule has 3 nitrogen and oxygen atoms in total. The number of hydrogen-bond donors (Lipinski definition) is 0. The molecule has 0 N–H and O–H groups in total. The van der Waals surface area contributed by atoms with Gasteiger partial charge in [-0.15, -0.1) is 0 Å². The van der Waals surface area contributed by atoms with Gasteiger partial charge >= 0.3 is 5.97 Å². The largest absolute Gasteiger partial charge is 0.465 e. The van der Waals surface area contributed by atoms with Crippen LogP contribution in [0.4, 0.5) is 0 Å². The summed E-state index contributed by atoms with van der Waals surface area (Å²) in [6, 6.07) is 0. The van der Waals surface area contributed by atoms with Crippen LogP contribution < -0.4 is 0 Å². The molecule has 0 bridgehead atoms. The minimum atomic E-state index is -0.00223. The molecule has 1 fully saturated rings. The highest BCUT2D eigenvalue weighted by Gasteiger charge is 2.36. The summed E-state index contributed by atoms with van der Waals surface area (Å²) in [6.45, 7) is 5.15. The highest BCUT2D eigenvalue weighted by atomic mass is 16.5. The number of ketones is 1. The summed E-state index contributed by atoms with van der Waals surface area (Å²) < 4.78 is 5.48. The molecule has 0 radical (unpaired) electrons. The SMILES string of the molecule is CCCCCCCCCC(=O)CCCCCCCCC(=O)OC[C@@H]1C[C@@H]1CCCCCC. The van der Waals surface area contributed by atoms with Crippen molar-refractivity contribution in [3.63, 3.8) is 0 Å². The molecule has 1 rings (SSSR count). The molecule has 32 heavy (non-hydrogen) atoms. The van der Waals surface area contributed by atoms with E-state index in [-0.39, 0.29) is 5.97 Å². The molecule has 0 amide bonds. The van der Waals surface area contributed by atoms with Crippen LogP contribution in [0.3, 0.4) is 0 Å². The van der Waals surface area contributed by atoms with E-state index in [1.54, 1.807) is 0 Å². The summed E-state index contributed by atoms with van der Waals surface area (Å²) in [7, 11) is 0. The summed E-state index contributed by atoms with van der Waals surface area (Å²) in [5.41, 5.74) is 0. The molecule has 1 saturated carbocycles. The Kier molecular flexibility index (Phi) is 18.9. The van der Waals surface area contributed by atoms with Crippen molar-refractivity contribution in [1.82, 2.24) is 0 Å². The third-order valence-electron chi connectivity index (χ3n) is 7.10. The van der Waals surface area contributed by atoms with Gasteiger partial charge in [-0.05, 0) is 37.5 Å². The Balaban J connectivity index is 1.79. The fourth-order valence-corrected chi connectivity index (χ4v) is 4.68. The monoisotopic (exact) mass is 450 g/mol. The van der Waals surface area contributed by atoms with Crippen LogP contribution in [0.15, 0.2) is 0 Å². The average Bonchev–Trinajstić information content (AvgIpc) is 3.54. The van der Waals surface area contributed by atoms with Gasteiger partial charge in [-0.1, -0.05) is 110 Å². The second kappa shape index (κ2) is 20.7. The van der Waals surface area contributed by atoms with Gasteiger partial charge in [0.25, 0.3) is 0 Å². The van der Waals surface area contributed by atoms with E-state index in [1.165, 1.54) is 89.9 Å². The van der Waals surface area contributed by atoms with Crippen molar-refractivity contribution >= 4 is 11.8 Å². The molecule has 0 aromatic rings. The van der Waals surface area contributed by atoms with Gasteiger partial charge in [-0.2, -0.15) is 0 Å². The summed E-state index contributed by atoms with van der Waals surface area (Å²) in [5.74, 6) is 1.92. The topological polar surface area (TPSA) is 43.4 Å². The second-order valence-corrected chi connectivity index (χ2v) is 10.3. The zero-order valence-electron chi connectivity index (χ0n) is 21.6. The molecule has 3 heteroatoms. The molecule has 0 aliphatic heterocycles. The first-order chi connectivity index (χ1) is 15.7. The molecular formula is C29H54O3. The molecule has 2 atom stereocenters. The van der Waals surface area contributed by atoms with E-state index in [0.29, 0.717) is 24.7 Å². The minimum Gasteiger partial charge on any atom is -0.465 e. The molecule has 188 valence electrons. The van der Waals surface area contributed by atoms with Gasteiger partial charge in [0.15, 0.2) is 0 Å². The number of carbonyl (C=O) groups is 2. The van der Waals surface area contributed by atoms with Crippen molar-refractivity contribution in [2.75, 3.05) is 6.61 Å². The lowest BCUT2D eigenvalue weighted by molar-refractivity contribution is -0.144. The van der Waals surface area contributed by atoms with Crippen LogP contribution in [0.1, 0.15) is 155 Å². The lowest BCUT2D eigenvalue weighted by Gasteiger charge is -2.05. The highest BCUT2D eigenvalue weighted by Crippen LogP contribution is 2.42. The first kappa shape index (κ1) is 29.2. The van der Waals surface area contributed by atoms with E-state index in [0.717, 1.165) is 50.9 Å². The summed E-state index contributed by atoms with van der Waals surface area (Å²) in [4.78, 5) is 23.9. The first-order valence-electron chi connectivity index (χ1n) is 14.3. The third-order valence-corrected chi connectivity index (χ3v) is 7.10. The van der Waals surface area contributed by atoms with Gasteiger partial charge in [0.2, 0.25) is 0 Å². The van der Waals surface area contributed by atoms with E-state index >= 15 is 0 Å². The Morgan fingerprint density at radius 1 is 0.594 bits per heavy atom. The van der Waals surface area contributed by atoms with E-state index in [9.17, 15) is 9.59 Å². The van der Waals surface area contributed by atoms with Crippen molar-refractivity contribution in [2.45, 2.75) is 155 Å². The second-order valence-electron chi connectivity index (χ2n) is 10.3. The number of rotatable bonds is 24. The predicted molar refractivity (Wildman–Crippen MR) is 136 cm³/mol. The lowest BCUT2D eigenvalue weighted by Crippen LogP contribution is -2.07. The Hall–Kier alpha value is -0.860. The van der Waals surface area contributed by atoms with Gasteiger partial charge in [0, 0.05) is 19.3 Å². The zero-order valence-corrected chi connectivity index (χ0v) is 21.6. The maximum Gasteiger partial charge on any atom is 0.305 e. The molecule has 0 saturated heterocycles. The van der Waals surface area contributed by atoms with E-state index in [4.69, 9.17) is 4.74 Å². The van der Waals surface area contributed by atoms with Crippen molar-refractivity contribution in [2.24, 2.45) is 11.8 Å². The average molecular weight is 451 g/mol. The maximum atomic E-state index is 11.9. The van der Waals surface area contributed by atoms with E-state index in [1.807, 2.05) is 0 Å². The summed E-state index contributed by atoms with van der Waals surface area (Å²) >= 11 is 0. The maximum absolute atomic E-state index is 11.9. The van der Waals surface area contributed by atoms with Crippen LogP contribution >= 0.6 is 0 Å². The van der Waals surface area contributed by atoms with Crippen LogP contribution in [-0.2, 0) is 14.3 Å². The van der Waals surface area contributed by atoms with Crippen LogP contribution in [0.2, 0.25) is 0 Å². The van der Waals surface area contributed by atoms with Gasteiger partial charge in [0.05, 0.1) is 6.61 Å². The molecule has 1 aliphatic carbocycles. The standard InChI is InChI=1S/C29H54O3/c1-3-5-7-9-10-13-17-21-28(30)22-18-14-11-12-15-19-23-29(31)32-25-27-24-26(27)20-16-8-6-4-2/h26-27H,3-25H2,1-2H3/t26-,27-/m0/s1. The van der Waals surface area contributed by atoms with Crippen molar-refractivity contribution in [3.05, 3.63) is 0 Å². The zero-order chi connectivity index (χ0) is 23.3. The lowest BCUT2D eigenvalue weighted by atomic mass is 10.0. The van der Waals surface area contributed by atoms with Gasteiger partial charge in [0.1, 0.15) is 5.78 Å². The fourth-order valence-electron chi connectivity index (χ4n) is 4.68. The van der Waals surface area contributed by atoms with Gasteiger partial charge in [-0.3, -0.25) is 9.59 Å². The Morgan fingerprint density at radius 2 is 1.06 bits per heavy atom. The van der Waals surface area contributed by atoms with Crippen molar-refractivity contribution in [1.29, 1.82) is 0 Å². The molecule has 0 spiro atoms. The Bertz CT molecular complexity index is 459. The highest BCUT2D eigenvalue weighted by molar-refractivity contribution is 5.78. The smallest absolute Gasteiger partial charge is 0.305 e. The molecular weight excluding hydrogens is 396 g/mol. The Morgan fingerprint density at radius 3 is 1.62 bits per heavy atom. The number of ether oxygens (including phenoxy) is 1. The normalized spacial score (nSPS) is 17.4. The van der Waals surface area contributed by atoms with Crippen molar-refractivity contribution in [3.8, 4) is 0 Å². The molecule has 0 aromatic carbocycles. The summed E-state index contributed by atoms with van der Waals surface area (Å²) in [6.07, 6.45) is 25.6. The number of carbonyl (C=O) groups excluding carboxylic acids is 2. The Labute approximate surface area is 199 Å². The summed E-state index contributed by atoms with van der Waals surface area (Å²) in [5, 5.41) is 0. The van der Waals surface area contributed by atoms with Crippen LogP contribution in [0.25, 0.3) is 0 Å². The number of unbranched alkanes of at least 4 members (excludes halogenated alkanes) is 14. The molecule has 1 aliphatic rings. The van der Waals surface area contributed by atoms with E-state index in [2.05, 4.69) is 13.8 Å².